The summed E-state index contributed by atoms with van der Waals surface area (Å²) in [5.41, 5.74) is 1.06. The molecule has 0 bridgehead atoms. The highest BCUT2D eigenvalue weighted by Gasteiger charge is 2.37. The van der Waals surface area contributed by atoms with E-state index in [2.05, 4.69) is 20.9 Å². The number of likely N-dealkylation sites (tertiary alicyclic amines) is 1. The van der Waals surface area contributed by atoms with Gasteiger partial charge in [-0.3, -0.25) is 14.6 Å². The van der Waals surface area contributed by atoms with Crippen LogP contribution in [0.3, 0.4) is 0 Å². The van der Waals surface area contributed by atoms with Crippen molar-refractivity contribution in [3.05, 3.63) is 42.0 Å². The molecule has 1 aromatic carbocycles. The molecule has 0 spiro atoms. The van der Waals surface area contributed by atoms with Crippen LogP contribution in [0.1, 0.15) is 31.9 Å². The van der Waals surface area contributed by atoms with Crippen LogP contribution in [0.4, 0.5) is 14.9 Å². The van der Waals surface area contributed by atoms with Crippen LogP contribution in [0.5, 0.6) is 11.5 Å². The van der Waals surface area contributed by atoms with Crippen LogP contribution in [0, 0.1) is 5.82 Å². The lowest BCUT2D eigenvalue weighted by Gasteiger charge is -2.20. The molecule has 4 amide bonds. The summed E-state index contributed by atoms with van der Waals surface area (Å²) < 4.78 is 20.6. The third kappa shape index (κ3) is 5.50. The van der Waals surface area contributed by atoms with Gasteiger partial charge in [0.2, 0.25) is 11.8 Å². The van der Waals surface area contributed by atoms with Crippen molar-refractivity contribution in [1.82, 2.24) is 20.5 Å². The van der Waals surface area contributed by atoms with Gasteiger partial charge in [-0.2, -0.15) is 0 Å². The van der Waals surface area contributed by atoms with Crippen molar-refractivity contribution in [2.75, 3.05) is 18.4 Å². The summed E-state index contributed by atoms with van der Waals surface area (Å²) in [4.78, 5) is 43.2. The van der Waals surface area contributed by atoms with E-state index >= 15 is 0 Å². The molecule has 9 nitrogen and oxygen atoms in total. The van der Waals surface area contributed by atoms with Gasteiger partial charge in [0.1, 0.15) is 5.75 Å². The van der Waals surface area contributed by atoms with Gasteiger partial charge in [0.05, 0.1) is 15.8 Å². The third-order valence-electron chi connectivity index (χ3n) is 6.09. The Morgan fingerprint density at radius 1 is 1.11 bits per heavy atom. The second kappa shape index (κ2) is 9.73. The zero-order chi connectivity index (χ0) is 24.5. The Labute approximate surface area is 206 Å². The minimum Gasteiger partial charge on any atom is -0.453 e. The van der Waals surface area contributed by atoms with Crippen molar-refractivity contribution < 1.29 is 23.5 Å². The van der Waals surface area contributed by atoms with Gasteiger partial charge in [-0.15, -0.1) is 11.8 Å². The molecule has 11 heteroatoms. The van der Waals surface area contributed by atoms with E-state index in [0.717, 1.165) is 25.0 Å². The number of hydrogen-bond acceptors (Lipinski definition) is 6. The molecule has 0 radical (unpaired) electrons. The monoisotopic (exact) mass is 499 g/mol. The topological polar surface area (TPSA) is 113 Å². The molecular weight excluding hydrogens is 473 g/mol. The van der Waals surface area contributed by atoms with Gasteiger partial charge < -0.3 is 25.6 Å². The molecule has 2 atom stereocenters. The first-order valence-corrected chi connectivity index (χ1v) is 12.5. The number of rotatable bonds is 6. The zero-order valence-electron chi connectivity index (χ0n) is 19.2. The average molecular weight is 500 g/mol. The number of carbonyl (C=O) groups is 3. The highest BCUT2D eigenvalue weighted by atomic mass is 32.2. The predicted molar refractivity (Wildman–Crippen MR) is 128 cm³/mol. The van der Waals surface area contributed by atoms with E-state index in [9.17, 15) is 18.8 Å². The van der Waals surface area contributed by atoms with Crippen molar-refractivity contribution >= 4 is 35.3 Å². The lowest BCUT2D eigenvalue weighted by atomic mass is 10.2. The number of amides is 4. The minimum atomic E-state index is -0.614. The standard InChI is InChI=1S/C24H26FN5O4S/c1-13(31)27-16-7-9-30(12-16)23(32)21-11-18-22(35-21)20(6-8-26-18)34-19-5-4-15(10-17(19)25)29-24(33)28-14-2-3-14/h4-6,8,10,14,16,21H,2-3,7,9,11-12H2,1H3,(H,27,31)(H2,28,29,33)/t16-,21?/m1/s1. The molecule has 3 heterocycles. The van der Waals surface area contributed by atoms with Gasteiger partial charge >= 0.3 is 6.03 Å². The molecule has 3 aliphatic rings. The third-order valence-corrected chi connectivity index (χ3v) is 7.41. The molecule has 2 aliphatic heterocycles. The van der Waals surface area contributed by atoms with E-state index < -0.39 is 5.82 Å². The Bertz CT molecular complexity index is 1170. The average Bonchev–Trinajstić information content (AvgIpc) is 3.31. The fourth-order valence-electron chi connectivity index (χ4n) is 4.25. The molecule has 1 unspecified atom stereocenters. The van der Waals surface area contributed by atoms with Crippen LogP contribution in [0.15, 0.2) is 35.4 Å². The molecular formula is C24H26FN5O4S. The second-order valence-corrected chi connectivity index (χ2v) is 10.2. The molecule has 3 N–H and O–H groups in total. The zero-order valence-corrected chi connectivity index (χ0v) is 20.0. The van der Waals surface area contributed by atoms with E-state index in [1.54, 1.807) is 23.2 Å². The number of ether oxygens (including phenoxy) is 1. The number of nitrogens with zero attached hydrogens (tertiary/aromatic N) is 2. The smallest absolute Gasteiger partial charge is 0.319 e. The van der Waals surface area contributed by atoms with Gasteiger partial charge in [-0.1, -0.05) is 0 Å². The Kier molecular flexibility index (Phi) is 6.50. The Morgan fingerprint density at radius 2 is 1.94 bits per heavy atom. The highest BCUT2D eigenvalue weighted by molar-refractivity contribution is 8.01. The van der Waals surface area contributed by atoms with Crippen molar-refractivity contribution in [2.24, 2.45) is 0 Å². The van der Waals surface area contributed by atoms with Gasteiger partial charge in [0, 0.05) is 62.5 Å². The number of hydrogen-bond donors (Lipinski definition) is 3. The van der Waals surface area contributed by atoms with Crippen molar-refractivity contribution in [2.45, 2.75) is 54.8 Å². The number of fused-ring (bicyclic) bond motifs is 1. The molecule has 1 aromatic heterocycles. The van der Waals surface area contributed by atoms with E-state index in [-0.39, 0.29) is 40.9 Å². The highest BCUT2D eigenvalue weighted by Crippen LogP contribution is 2.44. The predicted octanol–water partition coefficient (Wildman–Crippen LogP) is 3.05. The SMILES string of the molecule is CC(=O)N[C@@H]1CCN(C(=O)C2Cc3nccc(Oc4ccc(NC(=O)NC5CC5)cc4F)c3S2)C1. The number of anilines is 1. The fraction of sp³-hybridized carbons (Fsp3) is 0.417. The van der Waals surface area contributed by atoms with Gasteiger partial charge in [0.25, 0.3) is 0 Å². The normalized spacial score (nSPS) is 20.8. The summed E-state index contributed by atoms with van der Waals surface area (Å²) >= 11 is 1.37. The number of benzene rings is 1. The van der Waals surface area contributed by atoms with Crippen LogP contribution in [-0.4, -0.2) is 58.2 Å². The maximum absolute atomic E-state index is 14.7. The first-order valence-electron chi connectivity index (χ1n) is 11.6. The summed E-state index contributed by atoms with van der Waals surface area (Å²) in [5.74, 6) is -0.275. The summed E-state index contributed by atoms with van der Waals surface area (Å²) in [7, 11) is 0. The number of carbonyl (C=O) groups excluding carboxylic acids is 3. The Hall–Kier alpha value is -3.34. The molecule has 184 valence electrons. The summed E-state index contributed by atoms with van der Waals surface area (Å²) in [6.45, 7) is 2.56. The van der Waals surface area contributed by atoms with E-state index in [0.29, 0.717) is 35.8 Å². The van der Waals surface area contributed by atoms with Gasteiger partial charge in [-0.05, 0) is 31.4 Å². The van der Waals surface area contributed by atoms with Crippen molar-refractivity contribution in [3.63, 3.8) is 0 Å². The number of pyridine rings is 1. The van der Waals surface area contributed by atoms with Crippen LogP contribution in [-0.2, 0) is 16.0 Å². The number of urea groups is 1. The van der Waals surface area contributed by atoms with Crippen LogP contribution in [0.25, 0.3) is 0 Å². The molecule has 5 rings (SSSR count). The maximum atomic E-state index is 14.7. The molecule has 1 aliphatic carbocycles. The van der Waals surface area contributed by atoms with Gasteiger partial charge in [0.15, 0.2) is 11.6 Å². The van der Waals surface area contributed by atoms with E-state index in [1.165, 1.54) is 30.8 Å². The van der Waals surface area contributed by atoms with Crippen molar-refractivity contribution in [1.29, 1.82) is 0 Å². The Morgan fingerprint density at radius 3 is 2.69 bits per heavy atom. The Balaban J connectivity index is 1.23. The van der Waals surface area contributed by atoms with E-state index in [1.807, 2.05) is 0 Å². The van der Waals surface area contributed by atoms with Crippen LogP contribution >= 0.6 is 11.8 Å². The summed E-state index contributed by atoms with van der Waals surface area (Å²) in [6, 6.07) is 5.71. The molecule has 1 saturated carbocycles. The quantitative estimate of drug-likeness (QED) is 0.563. The second-order valence-electron chi connectivity index (χ2n) is 8.99. The van der Waals surface area contributed by atoms with E-state index in [4.69, 9.17) is 4.74 Å². The number of thioether (sulfide) groups is 1. The first-order chi connectivity index (χ1) is 16.9. The van der Waals surface area contributed by atoms with Crippen molar-refractivity contribution in [3.8, 4) is 11.5 Å². The number of nitrogens with one attached hydrogen (secondary N) is 3. The lowest BCUT2D eigenvalue weighted by Crippen LogP contribution is -2.40. The van der Waals surface area contributed by atoms with Crippen LogP contribution in [0.2, 0.25) is 0 Å². The fourth-order valence-corrected chi connectivity index (χ4v) is 5.52. The summed E-state index contributed by atoms with van der Waals surface area (Å²) in [5, 5.41) is 7.93. The molecule has 2 aromatic rings. The molecule has 35 heavy (non-hydrogen) atoms. The van der Waals surface area contributed by atoms with Crippen LogP contribution < -0.4 is 20.7 Å². The molecule has 2 fully saturated rings. The molecule has 1 saturated heterocycles. The number of halogens is 1. The van der Waals surface area contributed by atoms with Gasteiger partial charge in [-0.25, -0.2) is 9.18 Å². The minimum absolute atomic E-state index is 0.00196. The maximum Gasteiger partial charge on any atom is 0.319 e. The lowest BCUT2D eigenvalue weighted by molar-refractivity contribution is -0.129. The number of aromatic nitrogens is 1. The summed E-state index contributed by atoms with van der Waals surface area (Å²) in [6.07, 6.45) is 4.70. The largest absolute Gasteiger partial charge is 0.453 e. The first kappa shape index (κ1) is 23.4.